The van der Waals surface area contributed by atoms with E-state index >= 15 is 0 Å². The van der Waals surface area contributed by atoms with Crippen LogP contribution in [0, 0.1) is 13.8 Å². The van der Waals surface area contributed by atoms with E-state index in [1.165, 1.54) is 16.7 Å². The lowest BCUT2D eigenvalue weighted by Gasteiger charge is -2.04. The third kappa shape index (κ3) is 3.71. The normalized spacial score (nSPS) is 10.0. The van der Waals surface area contributed by atoms with Crippen LogP contribution in [0.4, 0.5) is 10.8 Å². The molecule has 0 saturated heterocycles. The number of hydrogen-bond donors (Lipinski definition) is 1. The van der Waals surface area contributed by atoms with Crippen LogP contribution in [0.5, 0.6) is 0 Å². The Kier molecular flexibility index (Phi) is 5.15. The van der Waals surface area contributed by atoms with Crippen LogP contribution < -0.4 is 22.3 Å². The number of rotatable bonds is 3. The van der Waals surface area contributed by atoms with E-state index in [4.69, 9.17) is 0 Å². The maximum Gasteiger partial charge on any atom is 0.187 e. The number of para-hydroxylation sites is 1. The minimum atomic E-state index is 0. The molecule has 1 aromatic heterocycles. The molecule has 108 valence electrons. The lowest BCUT2D eigenvalue weighted by molar-refractivity contribution is -0.00000408. The van der Waals surface area contributed by atoms with Crippen LogP contribution in [0.1, 0.15) is 11.1 Å². The van der Waals surface area contributed by atoms with E-state index in [-0.39, 0.29) is 17.0 Å². The Bertz CT molecular complexity index is 723. The van der Waals surface area contributed by atoms with Crippen molar-refractivity contribution in [1.82, 2.24) is 4.98 Å². The Morgan fingerprint density at radius 2 is 1.76 bits per heavy atom. The number of anilines is 2. The first-order valence-corrected chi connectivity index (χ1v) is 7.45. The second-order valence-corrected chi connectivity index (χ2v) is 5.71. The highest BCUT2D eigenvalue weighted by atomic mass is 79.9. The molecule has 21 heavy (non-hydrogen) atoms. The number of halogens is 1. The lowest BCUT2D eigenvalue weighted by Crippen LogP contribution is -3.00. The fraction of sp³-hybridized carbons (Fsp3) is 0.118. The van der Waals surface area contributed by atoms with Gasteiger partial charge in [0.2, 0.25) is 0 Å². The van der Waals surface area contributed by atoms with Crippen molar-refractivity contribution in [2.75, 3.05) is 5.32 Å². The van der Waals surface area contributed by atoms with Crippen molar-refractivity contribution in [2.24, 2.45) is 0 Å². The van der Waals surface area contributed by atoms with Gasteiger partial charge < -0.3 is 22.3 Å². The maximum atomic E-state index is 4.67. The summed E-state index contributed by atoms with van der Waals surface area (Å²) < 4.78 is 0. The highest BCUT2D eigenvalue weighted by molar-refractivity contribution is 7.14. The fourth-order valence-electron chi connectivity index (χ4n) is 2.20. The molecular formula is C17H16BrN2S-. The van der Waals surface area contributed by atoms with Crippen LogP contribution in [0.2, 0.25) is 0 Å². The molecular weight excluding hydrogens is 344 g/mol. The van der Waals surface area contributed by atoms with Gasteiger partial charge in [-0.3, -0.25) is 0 Å². The average Bonchev–Trinajstić information content (AvgIpc) is 2.88. The quantitative estimate of drug-likeness (QED) is 0.775. The van der Waals surface area contributed by atoms with E-state index < -0.39 is 0 Å². The second kappa shape index (κ2) is 6.87. The van der Waals surface area contributed by atoms with Gasteiger partial charge >= 0.3 is 0 Å². The zero-order valence-corrected chi connectivity index (χ0v) is 14.3. The Hall–Kier alpha value is -1.65. The molecule has 3 aromatic rings. The smallest absolute Gasteiger partial charge is 0.187 e. The van der Waals surface area contributed by atoms with Gasteiger partial charge in [-0.1, -0.05) is 42.0 Å². The van der Waals surface area contributed by atoms with Crippen LogP contribution in [-0.4, -0.2) is 4.98 Å². The Morgan fingerprint density at radius 1 is 1.00 bits per heavy atom. The van der Waals surface area contributed by atoms with Crippen molar-refractivity contribution < 1.29 is 17.0 Å². The summed E-state index contributed by atoms with van der Waals surface area (Å²) in [6.45, 7) is 4.24. The molecule has 1 N–H and O–H groups in total. The van der Waals surface area contributed by atoms with Crippen molar-refractivity contribution in [3.8, 4) is 11.3 Å². The predicted molar refractivity (Wildman–Crippen MR) is 86.7 cm³/mol. The van der Waals surface area contributed by atoms with Crippen LogP contribution in [-0.2, 0) is 0 Å². The SMILES string of the molecule is Cc1ccc(-c2csc(Nc3ccccc3)n2)c(C)c1.[Br-]. The van der Waals surface area contributed by atoms with Crippen LogP contribution >= 0.6 is 11.3 Å². The summed E-state index contributed by atoms with van der Waals surface area (Å²) in [5.74, 6) is 0. The molecule has 0 spiro atoms. The topological polar surface area (TPSA) is 24.9 Å². The summed E-state index contributed by atoms with van der Waals surface area (Å²) in [5.41, 5.74) is 5.85. The molecule has 0 unspecified atom stereocenters. The van der Waals surface area contributed by atoms with Crippen molar-refractivity contribution in [1.29, 1.82) is 0 Å². The number of nitrogens with zero attached hydrogens (tertiary/aromatic N) is 1. The minimum absolute atomic E-state index is 0. The van der Waals surface area contributed by atoms with E-state index in [1.807, 2.05) is 30.3 Å². The summed E-state index contributed by atoms with van der Waals surface area (Å²) in [5, 5.41) is 6.35. The molecule has 0 aliphatic rings. The molecule has 3 rings (SSSR count). The van der Waals surface area contributed by atoms with Crippen molar-refractivity contribution in [2.45, 2.75) is 13.8 Å². The summed E-state index contributed by atoms with van der Waals surface area (Å²) in [6.07, 6.45) is 0. The van der Waals surface area contributed by atoms with Gasteiger partial charge in [-0.15, -0.1) is 11.3 Å². The Balaban J connectivity index is 0.00000161. The van der Waals surface area contributed by atoms with Gasteiger partial charge in [0.05, 0.1) is 5.69 Å². The fourth-order valence-corrected chi connectivity index (χ4v) is 2.93. The molecule has 4 heteroatoms. The van der Waals surface area contributed by atoms with Gasteiger partial charge in [-0.2, -0.15) is 0 Å². The van der Waals surface area contributed by atoms with Gasteiger partial charge in [0.25, 0.3) is 0 Å². The lowest BCUT2D eigenvalue weighted by atomic mass is 10.0. The molecule has 0 bridgehead atoms. The molecule has 1 heterocycles. The first-order chi connectivity index (χ1) is 9.72. The Labute approximate surface area is 139 Å². The number of hydrogen-bond acceptors (Lipinski definition) is 3. The first kappa shape index (κ1) is 15.7. The molecule has 0 amide bonds. The summed E-state index contributed by atoms with van der Waals surface area (Å²) in [4.78, 5) is 4.67. The number of aromatic nitrogens is 1. The van der Waals surface area contributed by atoms with E-state index in [0.717, 1.165) is 16.5 Å². The summed E-state index contributed by atoms with van der Waals surface area (Å²) >= 11 is 1.63. The van der Waals surface area contributed by atoms with E-state index in [9.17, 15) is 0 Å². The molecule has 0 aliphatic heterocycles. The van der Waals surface area contributed by atoms with Crippen molar-refractivity contribution >= 4 is 22.2 Å². The van der Waals surface area contributed by atoms with Gasteiger partial charge in [0.1, 0.15) is 0 Å². The van der Waals surface area contributed by atoms with E-state index in [2.05, 4.69) is 47.7 Å². The number of nitrogens with one attached hydrogen (secondary N) is 1. The standard InChI is InChI=1S/C17H16N2S.BrH/c1-12-8-9-15(13(2)10-12)16-11-20-17(19-16)18-14-6-4-3-5-7-14;/h3-11H,1-2H3,(H,18,19);1H/p-1. The highest BCUT2D eigenvalue weighted by Gasteiger charge is 2.07. The van der Waals surface area contributed by atoms with Gasteiger partial charge in [0, 0.05) is 16.6 Å². The van der Waals surface area contributed by atoms with Crippen molar-refractivity contribution in [3.63, 3.8) is 0 Å². The van der Waals surface area contributed by atoms with Crippen LogP contribution in [0.15, 0.2) is 53.9 Å². The minimum Gasteiger partial charge on any atom is -1.00 e. The number of benzene rings is 2. The van der Waals surface area contributed by atoms with Crippen molar-refractivity contribution in [3.05, 3.63) is 65.0 Å². The molecule has 2 aromatic carbocycles. The zero-order valence-electron chi connectivity index (χ0n) is 11.9. The second-order valence-electron chi connectivity index (χ2n) is 4.85. The molecule has 2 nitrogen and oxygen atoms in total. The van der Waals surface area contributed by atoms with Gasteiger partial charge in [-0.25, -0.2) is 4.98 Å². The Morgan fingerprint density at radius 3 is 2.48 bits per heavy atom. The first-order valence-electron chi connectivity index (χ1n) is 6.57. The maximum absolute atomic E-state index is 4.67. The number of aryl methyl sites for hydroxylation is 2. The molecule has 0 radical (unpaired) electrons. The summed E-state index contributed by atoms with van der Waals surface area (Å²) in [6, 6.07) is 16.6. The van der Waals surface area contributed by atoms with E-state index in [1.54, 1.807) is 11.3 Å². The molecule has 0 saturated carbocycles. The highest BCUT2D eigenvalue weighted by Crippen LogP contribution is 2.29. The average molecular weight is 360 g/mol. The van der Waals surface area contributed by atoms with Crippen LogP contribution in [0.25, 0.3) is 11.3 Å². The third-order valence-electron chi connectivity index (χ3n) is 3.19. The van der Waals surface area contributed by atoms with E-state index in [0.29, 0.717) is 0 Å². The zero-order chi connectivity index (χ0) is 13.9. The predicted octanol–water partition coefficient (Wildman–Crippen LogP) is 2.17. The third-order valence-corrected chi connectivity index (χ3v) is 3.94. The van der Waals surface area contributed by atoms with Gasteiger partial charge in [0.15, 0.2) is 5.13 Å². The monoisotopic (exact) mass is 359 g/mol. The molecule has 0 fully saturated rings. The number of thiazole rings is 1. The molecule has 0 atom stereocenters. The van der Waals surface area contributed by atoms with Gasteiger partial charge in [-0.05, 0) is 31.5 Å². The molecule has 0 aliphatic carbocycles. The van der Waals surface area contributed by atoms with Crippen LogP contribution in [0.3, 0.4) is 0 Å². The summed E-state index contributed by atoms with van der Waals surface area (Å²) in [7, 11) is 0. The largest absolute Gasteiger partial charge is 1.00 e.